The summed E-state index contributed by atoms with van der Waals surface area (Å²) in [7, 11) is 1.98. The van der Waals surface area contributed by atoms with Gasteiger partial charge in [0.25, 0.3) is 0 Å². The quantitative estimate of drug-likeness (QED) is 0.314. The summed E-state index contributed by atoms with van der Waals surface area (Å²) < 4.78 is 11.5. The molecule has 0 bridgehead atoms. The molecule has 8 nitrogen and oxygen atoms in total. The number of aryl methyl sites for hydroxylation is 1. The Labute approximate surface area is 206 Å². The average molecular weight is 478 g/mol. The van der Waals surface area contributed by atoms with Crippen LogP contribution in [0, 0.1) is 12.8 Å². The molecule has 2 unspecified atom stereocenters. The van der Waals surface area contributed by atoms with Crippen molar-refractivity contribution in [3.63, 3.8) is 0 Å². The van der Waals surface area contributed by atoms with E-state index in [0.29, 0.717) is 0 Å². The molecule has 3 heterocycles. The van der Waals surface area contributed by atoms with Crippen LogP contribution < -0.4 is 11.1 Å². The van der Waals surface area contributed by atoms with Gasteiger partial charge in [-0.3, -0.25) is 4.79 Å². The van der Waals surface area contributed by atoms with Gasteiger partial charge in [0, 0.05) is 48.2 Å². The second kappa shape index (κ2) is 10.5. The van der Waals surface area contributed by atoms with Crippen LogP contribution in [-0.2, 0) is 14.3 Å². The highest BCUT2D eigenvalue weighted by atomic mass is 16.6. The van der Waals surface area contributed by atoms with Gasteiger partial charge in [0.1, 0.15) is 18.3 Å². The van der Waals surface area contributed by atoms with Gasteiger partial charge < -0.3 is 30.4 Å². The van der Waals surface area contributed by atoms with Crippen LogP contribution in [0.2, 0.25) is 0 Å². The summed E-state index contributed by atoms with van der Waals surface area (Å²) >= 11 is 0. The number of carbonyl (C=O) groups excluding carboxylic acids is 1. The van der Waals surface area contributed by atoms with Crippen LogP contribution in [0.15, 0.2) is 42.7 Å². The molecule has 8 heteroatoms. The molecule has 0 fully saturated rings. The Morgan fingerprint density at radius 1 is 1.29 bits per heavy atom. The van der Waals surface area contributed by atoms with Crippen LogP contribution in [0.1, 0.15) is 49.4 Å². The summed E-state index contributed by atoms with van der Waals surface area (Å²) in [5.74, 6) is -0.387. The molecular weight excluding hydrogens is 442 g/mol. The zero-order valence-corrected chi connectivity index (χ0v) is 21.1. The van der Waals surface area contributed by atoms with E-state index in [2.05, 4.69) is 58.7 Å². The van der Waals surface area contributed by atoms with E-state index in [1.165, 1.54) is 0 Å². The first-order valence-corrected chi connectivity index (χ1v) is 12.1. The molecule has 0 radical (unpaired) electrons. The molecule has 1 aliphatic rings. The van der Waals surface area contributed by atoms with Gasteiger partial charge in [-0.25, -0.2) is 4.98 Å². The molecule has 2 aromatic heterocycles. The van der Waals surface area contributed by atoms with Crippen molar-refractivity contribution in [3.05, 3.63) is 65.1 Å². The smallest absolute Gasteiger partial charge is 0.323 e. The normalized spacial score (nSPS) is 16.3. The summed E-state index contributed by atoms with van der Waals surface area (Å²) in [6.45, 7) is 9.15. The maximum Gasteiger partial charge on any atom is 0.323 e. The number of aromatic amines is 1. The second-order valence-corrected chi connectivity index (χ2v) is 9.30. The number of benzene rings is 1. The van der Waals surface area contributed by atoms with Crippen LogP contribution in [0.4, 0.5) is 5.69 Å². The molecule has 4 rings (SSSR count). The minimum atomic E-state index is -0.634. The third kappa shape index (κ3) is 5.18. The largest absolute Gasteiger partial charge is 0.462 e. The van der Waals surface area contributed by atoms with Gasteiger partial charge in [0.15, 0.2) is 6.23 Å². The van der Waals surface area contributed by atoms with Gasteiger partial charge in [-0.2, -0.15) is 0 Å². The molecule has 2 atom stereocenters. The lowest BCUT2D eigenvalue weighted by atomic mass is 9.93. The van der Waals surface area contributed by atoms with E-state index >= 15 is 0 Å². The van der Waals surface area contributed by atoms with Crippen LogP contribution in [0.25, 0.3) is 16.6 Å². The number of nitrogens with two attached hydrogens (primary N) is 1. The Bertz CT molecular complexity index is 1230. The Hall–Kier alpha value is -3.36. The number of hydrogen-bond donors (Lipinski definition) is 3. The number of esters is 1. The summed E-state index contributed by atoms with van der Waals surface area (Å²) in [5, 5.41) is 4.45. The topological polar surface area (TPSA) is 106 Å². The minimum Gasteiger partial charge on any atom is -0.462 e. The standard InChI is InChI=1S/C27H35N5O3/c1-6-29-19-9-7-8-18(13-19)21-15-32(5)26(34-10-11-35-27(33)23(28)16(2)3)24-22(21)20-12-17(4)14-30-25(20)31-24/h7-9,12-16,23,26,29H,6,10-11,28H2,1-5H3,(H,30,31). The van der Waals surface area contributed by atoms with Crippen molar-refractivity contribution in [2.24, 2.45) is 11.7 Å². The number of rotatable bonds is 9. The van der Waals surface area contributed by atoms with Crippen molar-refractivity contribution in [2.45, 2.75) is 40.0 Å². The molecule has 0 saturated heterocycles. The van der Waals surface area contributed by atoms with Crippen LogP contribution in [-0.4, -0.2) is 53.7 Å². The molecule has 0 saturated carbocycles. The number of carbonyl (C=O) groups is 1. The number of fused-ring (bicyclic) bond motifs is 3. The third-order valence-electron chi connectivity index (χ3n) is 6.18. The van der Waals surface area contributed by atoms with Gasteiger partial charge in [0.05, 0.1) is 12.3 Å². The monoisotopic (exact) mass is 477 g/mol. The summed E-state index contributed by atoms with van der Waals surface area (Å²) in [6.07, 6.45) is 3.59. The Morgan fingerprint density at radius 3 is 2.83 bits per heavy atom. The maximum atomic E-state index is 12.1. The molecule has 1 aliphatic heterocycles. The van der Waals surface area contributed by atoms with Gasteiger partial charge in [0.2, 0.25) is 0 Å². The molecule has 0 aliphatic carbocycles. The minimum absolute atomic E-state index is 0.0207. The predicted molar refractivity (Wildman–Crippen MR) is 139 cm³/mol. The van der Waals surface area contributed by atoms with E-state index in [1.807, 2.05) is 38.9 Å². The molecule has 3 aromatic rings. The molecule has 186 valence electrons. The first-order chi connectivity index (χ1) is 16.8. The van der Waals surface area contributed by atoms with Gasteiger partial charge in [-0.05, 0) is 49.1 Å². The number of pyridine rings is 1. The van der Waals surface area contributed by atoms with Crippen molar-refractivity contribution >= 4 is 28.3 Å². The van der Waals surface area contributed by atoms with Crippen molar-refractivity contribution in [1.29, 1.82) is 0 Å². The lowest BCUT2D eigenvalue weighted by molar-refractivity contribution is -0.149. The number of anilines is 1. The van der Waals surface area contributed by atoms with Crippen LogP contribution in [0.3, 0.4) is 0 Å². The second-order valence-electron chi connectivity index (χ2n) is 9.30. The lowest BCUT2D eigenvalue weighted by Gasteiger charge is -2.32. The first-order valence-electron chi connectivity index (χ1n) is 12.1. The molecular formula is C27H35N5O3. The summed E-state index contributed by atoms with van der Waals surface area (Å²) in [6, 6.07) is 9.92. The highest BCUT2D eigenvalue weighted by molar-refractivity contribution is 5.98. The Morgan fingerprint density at radius 2 is 2.09 bits per heavy atom. The SMILES string of the molecule is CCNc1cccc(C2=CN(C)C(OCCOC(=O)C(N)C(C)C)c3[nH]c4ncc(C)cc4c32)c1. The predicted octanol–water partition coefficient (Wildman–Crippen LogP) is 4.18. The fourth-order valence-corrected chi connectivity index (χ4v) is 4.30. The average Bonchev–Trinajstić information content (AvgIpc) is 3.20. The number of nitrogens with one attached hydrogen (secondary N) is 2. The highest BCUT2D eigenvalue weighted by Crippen LogP contribution is 2.42. The summed E-state index contributed by atoms with van der Waals surface area (Å²) in [4.78, 5) is 22.2. The fourth-order valence-electron chi connectivity index (χ4n) is 4.30. The Kier molecular flexibility index (Phi) is 7.42. The molecule has 1 aromatic carbocycles. The van der Waals surface area contributed by atoms with E-state index in [0.717, 1.165) is 51.2 Å². The maximum absolute atomic E-state index is 12.1. The fraction of sp³-hybridized carbons (Fsp3) is 0.407. The van der Waals surface area contributed by atoms with Gasteiger partial charge in [-0.1, -0.05) is 26.0 Å². The van der Waals surface area contributed by atoms with E-state index in [-0.39, 0.29) is 25.4 Å². The van der Waals surface area contributed by atoms with E-state index in [4.69, 9.17) is 15.2 Å². The van der Waals surface area contributed by atoms with Gasteiger partial charge in [-0.15, -0.1) is 0 Å². The van der Waals surface area contributed by atoms with Gasteiger partial charge >= 0.3 is 5.97 Å². The van der Waals surface area contributed by atoms with E-state index in [1.54, 1.807) is 0 Å². The third-order valence-corrected chi connectivity index (χ3v) is 6.18. The summed E-state index contributed by atoms with van der Waals surface area (Å²) in [5.41, 5.74) is 13.1. The molecule has 0 amide bonds. The zero-order chi connectivity index (χ0) is 25.1. The first kappa shape index (κ1) is 24.8. The highest BCUT2D eigenvalue weighted by Gasteiger charge is 2.31. The number of hydrogen-bond acceptors (Lipinski definition) is 7. The molecule has 0 spiro atoms. The van der Waals surface area contributed by atoms with Crippen LogP contribution in [0.5, 0.6) is 0 Å². The molecule has 35 heavy (non-hydrogen) atoms. The van der Waals surface area contributed by atoms with Crippen molar-refractivity contribution in [1.82, 2.24) is 14.9 Å². The number of aromatic nitrogens is 2. The van der Waals surface area contributed by atoms with E-state index < -0.39 is 12.0 Å². The van der Waals surface area contributed by atoms with Crippen molar-refractivity contribution in [2.75, 3.05) is 32.1 Å². The molecule has 4 N–H and O–H groups in total. The number of nitrogens with zero attached hydrogens (tertiary/aromatic N) is 2. The zero-order valence-electron chi connectivity index (χ0n) is 21.1. The van der Waals surface area contributed by atoms with E-state index in [9.17, 15) is 4.79 Å². The number of ether oxygens (including phenoxy) is 2. The van der Waals surface area contributed by atoms with Crippen LogP contribution >= 0.6 is 0 Å². The Balaban J connectivity index is 1.63. The number of H-pyrrole nitrogens is 1. The van der Waals surface area contributed by atoms with Crippen molar-refractivity contribution in [3.8, 4) is 0 Å². The lowest BCUT2D eigenvalue weighted by Crippen LogP contribution is -2.37. The van der Waals surface area contributed by atoms with Crippen molar-refractivity contribution < 1.29 is 14.3 Å².